The second-order valence-electron chi connectivity index (χ2n) is 7.14. The summed E-state index contributed by atoms with van der Waals surface area (Å²) in [5.41, 5.74) is 0.802. The summed E-state index contributed by atoms with van der Waals surface area (Å²) in [6, 6.07) is 25.6. The van der Waals surface area contributed by atoms with E-state index in [0.29, 0.717) is 24.4 Å². The van der Waals surface area contributed by atoms with E-state index < -0.39 is 11.5 Å². The molecule has 162 valence electrons. The Bertz CT molecular complexity index is 1400. The molecule has 0 saturated carbocycles. The molecule has 1 amide bonds. The van der Waals surface area contributed by atoms with Gasteiger partial charge in [-0.2, -0.15) is 10.2 Å². The molecule has 7 heteroatoms. The largest absolute Gasteiger partial charge is 0.438 e. The quantitative estimate of drug-likeness (QED) is 0.352. The van der Waals surface area contributed by atoms with Gasteiger partial charge in [0, 0.05) is 12.7 Å². The number of nitrogens with zero attached hydrogens (tertiary/aromatic N) is 3. The van der Waals surface area contributed by atoms with Crippen LogP contribution in [0.1, 0.15) is 11.1 Å². The Hall–Kier alpha value is -4.70. The van der Waals surface area contributed by atoms with Crippen molar-refractivity contribution >= 4 is 17.6 Å². The Labute approximate surface area is 190 Å². The molecule has 2 aromatic heterocycles. The first-order valence-corrected chi connectivity index (χ1v) is 10.3. The van der Waals surface area contributed by atoms with E-state index in [9.17, 15) is 14.9 Å². The van der Waals surface area contributed by atoms with Crippen LogP contribution in [0.2, 0.25) is 0 Å². The maximum Gasteiger partial charge on any atom is 0.269 e. The van der Waals surface area contributed by atoms with Crippen LogP contribution in [0.15, 0.2) is 95.4 Å². The lowest BCUT2D eigenvalue weighted by atomic mass is 10.1. The van der Waals surface area contributed by atoms with E-state index in [0.717, 1.165) is 5.56 Å². The Morgan fingerprint density at radius 1 is 1.03 bits per heavy atom. The van der Waals surface area contributed by atoms with Gasteiger partial charge in [-0.3, -0.25) is 14.0 Å². The molecule has 0 radical (unpaired) electrons. The van der Waals surface area contributed by atoms with E-state index in [2.05, 4.69) is 10.3 Å². The van der Waals surface area contributed by atoms with Crippen LogP contribution in [0.25, 0.3) is 11.7 Å². The fraction of sp³-hybridized carbons (Fsp3) is 0.0769. The van der Waals surface area contributed by atoms with Crippen molar-refractivity contribution in [2.24, 2.45) is 0 Å². The number of rotatable bonds is 7. The average molecular weight is 436 g/mol. The summed E-state index contributed by atoms with van der Waals surface area (Å²) in [6.45, 7) is 0.351. The highest BCUT2D eigenvalue weighted by atomic mass is 16.5. The fourth-order valence-corrected chi connectivity index (χ4v) is 3.24. The van der Waals surface area contributed by atoms with E-state index in [-0.39, 0.29) is 17.0 Å². The predicted octanol–water partition coefficient (Wildman–Crippen LogP) is 3.75. The third-order valence-corrected chi connectivity index (χ3v) is 4.89. The lowest BCUT2D eigenvalue weighted by Crippen LogP contribution is -2.27. The second-order valence-corrected chi connectivity index (χ2v) is 7.14. The third-order valence-electron chi connectivity index (χ3n) is 4.89. The van der Waals surface area contributed by atoms with Crippen molar-refractivity contribution in [1.29, 1.82) is 5.26 Å². The molecule has 1 N–H and O–H groups in total. The lowest BCUT2D eigenvalue weighted by Gasteiger charge is -2.10. The number of nitriles is 1. The van der Waals surface area contributed by atoms with Crippen molar-refractivity contribution < 1.29 is 9.53 Å². The molecule has 0 aliphatic heterocycles. The summed E-state index contributed by atoms with van der Waals surface area (Å²) in [4.78, 5) is 30.2. The van der Waals surface area contributed by atoms with E-state index >= 15 is 0 Å². The molecule has 0 unspecified atom stereocenters. The van der Waals surface area contributed by atoms with Crippen LogP contribution in [0.3, 0.4) is 0 Å². The first-order chi connectivity index (χ1) is 16.2. The minimum Gasteiger partial charge on any atom is -0.438 e. The van der Waals surface area contributed by atoms with Crippen molar-refractivity contribution in [3.8, 4) is 17.7 Å². The normalized spacial score (nSPS) is 11.1. The van der Waals surface area contributed by atoms with E-state index in [1.54, 1.807) is 48.7 Å². The molecular formula is C26H20N4O3. The molecule has 0 bridgehead atoms. The summed E-state index contributed by atoms with van der Waals surface area (Å²) in [6.07, 6.45) is 3.42. The van der Waals surface area contributed by atoms with Crippen molar-refractivity contribution in [3.05, 3.63) is 112 Å². The molecule has 0 saturated heterocycles. The van der Waals surface area contributed by atoms with Gasteiger partial charge in [-0.1, -0.05) is 54.6 Å². The van der Waals surface area contributed by atoms with Crippen LogP contribution in [0, 0.1) is 11.3 Å². The van der Waals surface area contributed by atoms with Gasteiger partial charge in [0.1, 0.15) is 28.6 Å². The van der Waals surface area contributed by atoms with Gasteiger partial charge in [-0.25, -0.2) is 0 Å². The fourth-order valence-electron chi connectivity index (χ4n) is 3.24. The van der Waals surface area contributed by atoms with Crippen molar-refractivity contribution in [2.75, 3.05) is 6.54 Å². The van der Waals surface area contributed by atoms with Crippen molar-refractivity contribution in [3.63, 3.8) is 0 Å². The maximum absolute atomic E-state index is 13.2. The van der Waals surface area contributed by atoms with Gasteiger partial charge in [-0.05, 0) is 42.3 Å². The SMILES string of the molecule is N#C/C(=C\c1c(Oc2ccccc2)nc2ccccn2c1=O)C(=O)NCCc1ccccc1. The average Bonchev–Trinajstić information content (AvgIpc) is 2.85. The van der Waals surface area contributed by atoms with Crippen LogP contribution in [-0.4, -0.2) is 21.8 Å². The van der Waals surface area contributed by atoms with Crippen LogP contribution in [0.5, 0.6) is 11.6 Å². The number of para-hydroxylation sites is 1. The molecule has 0 spiro atoms. The Kier molecular flexibility index (Phi) is 6.57. The molecule has 2 aromatic carbocycles. The number of fused-ring (bicyclic) bond motifs is 1. The smallest absolute Gasteiger partial charge is 0.269 e. The topological polar surface area (TPSA) is 96.5 Å². The first-order valence-electron chi connectivity index (χ1n) is 10.3. The van der Waals surface area contributed by atoms with Crippen molar-refractivity contribution in [2.45, 2.75) is 6.42 Å². The number of hydrogen-bond acceptors (Lipinski definition) is 5. The van der Waals surface area contributed by atoms with Gasteiger partial charge in [0.25, 0.3) is 11.5 Å². The zero-order valence-corrected chi connectivity index (χ0v) is 17.6. The van der Waals surface area contributed by atoms with Gasteiger partial charge in [0.2, 0.25) is 5.88 Å². The Morgan fingerprint density at radius 3 is 2.45 bits per heavy atom. The number of amides is 1. The van der Waals surface area contributed by atoms with Gasteiger partial charge in [-0.15, -0.1) is 0 Å². The van der Waals surface area contributed by atoms with Crippen LogP contribution < -0.4 is 15.6 Å². The van der Waals surface area contributed by atoms with E-state index in [1.165, 1.54) is 10.5 Å². The molecule has 4 aromatic rings. The molecule has 0 fully saturated rings. The lowest BCUT2D eigenvalue weighted by molar-refractivity contribution is -0.117. The van der Waals surface area contributed by atoms with E-state index in [1.807, 2.05) is 42.5 Å². The van der Waals surface area contributed by atoms with Crippen molar-refractivity contribution in [1.82, 2.24) is 14.7 Å². The van der Waals surface area contributed by atoms with Gasteiger partial charge < -0.3 is 10.1 Å². The summed E-state index contributed by atoms with van der Waals surface area (Å²) in [5.74, 6) is -0.0796. The van der Waals surface area contributed by atoms with Gasteiger partial charge in [0.05, 0.1) is 0 Å². The highest BCUT2D eigenvalue weighted by Crippen LogP contribution is 2.23. The number of ether oxygens (including phenoxy) is 1. The number of benzene rings is 2. The molecule has 0 aliphatic rings. The van der Waals surface area contributed by atoms with E-state index in [4.69, 9.17) is 4.74 Å². The van der Waals surface area contributed by atoms with Gasteiger partial charge in [0.15, 0.2) is 0 Å². The monoisotopic (exact) mass is 436 g/mol. The number of aromatic nitrogens is 2. The van der Waals surface area contributed by atoms with Gasteiger partial charge >= 0.3 is 0 Å². The zero-order valence-electron chi connectivity index (χ0n) is 17.6. The minimum atomic E-state index is -0.573. The summed E-state index contributed by atoms with van der Waals surface area (Å²) >= 11 is 0. The summed E-state index contributed by atoms with van der Waals surface area (Å²) in [5, 5.41) is 12.3. The number of carbonyl (C=O) groups excluding carboxylic acids is 1. The molecule has 4 rings (SSSR count). The van der Waals surface area contributed by atoms with Crippen LogP contribution >= 0.6 is 0 Å². The maximum atomic E-state index is 13.2. The molecule has 33 heavy (non-hydrogen) atoms. The Morgan fingerprint density at radius 2 is 1.73 bits per heavy atom. The van der Waals surface area contributed by atoms with Crippen LogP contribution in [0.4, 0.5) is 0 Å². The number of nitrogens with one attached hydrogen (secondary N) is 1. The second kappa shape index (κ2) is 10.1. The molecule has 7 nitrogen and oxygen atoms in total. The highest BCUT2D eigenvalue weighted by molar-refractivity contribution is 6.01. The first kappa shape index (κ1) is 21.5. The standard InChI is InChI=1S/C26H20N4O3/c27-18-20(24(31)28-15-14-19-9-3-1-4-10-19)17-22-25(33-21-11-5-2-6-12-21)29-23-13-7-8-16-30(23)26(22)32/h1-13,16-17H,14-15H2,(H,28,31)/b20-17+. The molecule has 0 aliphatic carbocycles. The Balaban J connectivity index is 1.66. The summed E-state index contributed by atoms with van der Waals surface area (Å²) in [7, 11) is 0. The molecular weight excluding hydrogens is 416 g/mol. The number of pyridine rings is 1. The minimum absolute atomic E-state index is 0.0114. The summed E-state index contributed by atoms with van der Waals surface area (Å²) < 4.78 is 7.19. The highest BCUT2D eigenvalue weighted by Gasteiger charge is 2.17. The number of carbonyl (C=O) groups is 1. The zero-order chi connectivity index (χ0) is 23.0. The third kappa shape index (κ3) is 5.14. The molecule has 0 atom stereocenters. The molecule has 2 heterocycles. The van der Waals surface area contributed by atoms with Crippen LogP contribution in [-0.2, 0) is 11.2 Å². The predicted molar refractivity (Wildman–Crippen MR) is 125 cm³/mol. The number of hydrogen-bond donors (Lipinski definition) is 1.